The molecule has 0 spiro atoms. The molecule has 0 saturated carbocycles. The number of benzene rings is 2. The first kappa shape index (κ1) is 24.2. The quantitative estimate of drug-likeness (QED) is 0.516. The summed E-state index contributed by atoms with van der Waals surface area (Å²) in [6, 6.07) is 18.6. The molecule has 1 saturated heterocycles. The molecule has 2 aliphatic heterocycles. The van der Waals surface area contributed by atoms with Crippen molar-refractivity contribution in [3.8, 4) is 0 Å². The Labute approximate surface area is 211 Å². The summed E-state index contributed by atoms with van der Waals surface area (Å²) in [5, 5.41) is 11.5. The van der Waals surface area contributed by atoms with Gasteiger partial charge in [0.25, 0.3) is 5.91 Å². The molecule has 36 heavy (non-hydrogen) atoms. The van der Waals surface area contributed by atoms with E-state index in [0.717, 1.165) is 24.1 Å². The third-order valence-electron chi connectivity index (χ3n) is 7.19. The molecule has 0 aliphatic carbocycles. The molecule has 2 aliphatic rings. The number of likely N-dealkylation sites (tertiary alicyclic amines) is 1. The molecule has 1 atom stereocenters. The summed E-state index contributed by atoms with van der Waals surface area (Å²) in [6.07, 6.45) is 3.08. The zero-order valence-corrected chi connectivity index (χ0v) is 20.7. The van der Waals surface area contributed by atoms with E-state index in [2.05, 4.69) is 59.0 Å². The third kappa shape index (κ3) is 5.49. The number of nitrogens with one attached hydrogen (secondary N) is 1. The summed E-state index contributed by atoms with van der Waals surface area (Å²) in [6.45, 7) is 4.64. The minimum atomic E-state index is -0.129. The highest BCUT2D eigenvalue weighted by Crippen LogP contribution is 2.28. The second-order valence-corrected chi connectivity index (χ2v) is 9.72. The van der Waals surface area contributed by atoms with Crippen LogP contribution in [0.1, 0.15) is 58.2 Å². The number of amides is 2. The van der Waals surface area contributed by atoms with Crippen LogP contribution in [-0.2, 0) is 29.1 Å². The Morgan fingerprint density at radius 2 is 1.81 bits per heavy atom. The molecule has 1 N–H and O–H groups in total. The molecule has 5 rings (SSSR count). The molecule has 8 nitrogen and oxygen atoms in total. The Morgan fingerprint density at radius 1 is 1.06 bits per heavy atom. The van der Waals surface area contributed by atoms with E-state index in [-0.39, 0.29) is 23.8 Å². The van der Waals surface area contributed by atoms with Gasteiger partial charge in [-0.05, 0) is 43.7 Å². The summed E-state index contributed by atoms with van der Waals surface area (Å²) in [4.78, 5) is 27.6. The Bertz CT molecular complexity index is 1180. The maximum atomic E-state index is 13.2. The van der Waals surface area contributed by atoms with Gasteiger partial charge in [-0.2, -0.15) is 0 Å². The van der Waals surface area contributed by atoms with Crippen molar-refractivity contribution in [2.24, 2.45) is 5.92 Å². The average Bonchev–Trinajstić information content (AvgIpc) is 3.35. The minimum absolute atomic E-state index is 0.0570. The number of ether oxygens (including phenoxy) is 1. The van der Waals surface area contributed by atoms with E-state index in [0.29, 0.717) is 51.3 Å². The molecule has 2 amide bonds. The Balaban J connectivity index is 1.10. The second-order valence-electron chi connectivity index (χ2n) is 9.72. The van der Waals surface area contributed by atoms with Gasteiger partial charge >= 0.3 is 0 Å². The van der Waals surface area contributed by atoms with Crippen molar-refractivity contribution in [3.05, 3.63) is 82.7 Å². The number of hydrogen-bond donors (Lipinski definition) is 1. The number of aryl methyl sites for hydroxylation is 2. The van der Waals surface area contributed by atoms with Crippen molar-refractivity contribution >= 4 is 11.8 Å². The molecule has 0 unspecified atom stereocenters. The fourth-order valence-corrected chi connectivity index (χ4v) is 4.95. The van der Waals surface area contributed by atoms with Crippen LogP contribution in [0.25, 0.3) is 0 Å². The largest absolute Gasteiger partial charge is 0.365 e. The lowest BCUT2D eigenvalue weighted by Crippen LogP contribution is -2.43. The molecular formula is C28H33N5O3. The van der Waals surface area contributed by atoms with E-state index in [9.17, 15) is 9.59 Å². The van der Waals surface area contributed by atoms with Crippen LogP contribution in [0.5, 0.6) is 0 Å². The van der Waals surface area contributed by atoms with Gasteiger partial charge in [0.15, 0.2) is 5.69 Å². The summed E-state index contributed by atoms with van der Waals surface area (Å²) >= 11 is 0. The molecule has 3 aromatic rings. The lowest BCUT2D eigenvalue weighted by molar-refractivity contribution is -0.126. The van der Waals surface area contributed by atoms with Gasteiger partial charge in [-0.25, -0.2) is 4.68 Å². The fraction of sp³-hybridized carbons (Fsp3) is 0.429. The van der Waals surface area contributed by atoms with Crippen LogP contribution in [0.4, 0.5) is 0 Å². The Hall–Kier alpha value is -3.52. The number of carbonyl (C=O) groups excluding carboxylic acids is 2. The van der Waals surface area contributed by atoms with Gasteiger partial charge in [0.2, 0.25) is 5.91 Å². The van der Waals surface area contributed by atoms with Gasteiger partial charge in [-0.15, -0.1) is 5.10 Å². The average molecular weight is 488 g/mol. The Kier molecular flexibility index (Phi) is 7.41. The summed E-state index contributed by atoms with van der Waals surface area (Å²) < 4.78 is 7.85. The zero-order valence-electron chi connectivity index (χ0n) is 20.7. The molecule has 1 aromatic heterocycles. The van der Waals surface area contributed by atoms with Gasteiger partial charge in [-0.3, -0.25) is 9.59 Å². The first-order chi connectivity index (χ1) is 17.6. The summed E-state index contributed by atoms with van der Waals surface area (Å²) in [5.74, 6) is -0.0967. The Morgan fingerprint density at radius 3 is 2.56 bits per heavy atom. The van der Waals surface area contributed by atoms with Crippen LogP contribution in [-0.4, -0.2) is 51.3 Å². The third-order valence-corrected chi connectivity index (χ3v) is 7.19. The lowest BCUT2D eigenvalue weighted by Gasteiger charge is -2.31. The normalized spacial score (nSPS) is 18.0. The number of carbonyl (C=O) groups is 2. The van der Waals surface area contributed by atoms with Gasteiger partial charge in [-0.1, -0.05) is 65.4 Å². The monoisotopic (exact) mass is 487 g/mol. The molecule has 188 valence electrons. The molecule has 0 radical (unpaired) electrons. The van der Waals surface area contributed by atoms with Crippen LogP contribution < -0.4 is 5.32 Å². The van der Waals surface area contributed by atoms with E-state index < -0.39 is 0 Å². The van der Waals surface area contributed by atoms with Gasteiger partial charge in [0.05, 0.1) is 18.8 Å². The van der Waals surface area contributed by atoms with Crippen LogP contribution in [0.2, 0.25) is 0 Å². The summed E-state index contributed by atoms with van der Waals surface area (Å²) in [7, 11) is 0. The van der Waals surface area contributed by atoms with Gasteiger partial charge < -0.3 is 15.0 Å². The molecule has 8 heteroatoms. The van der Waals surface area contributed by atoms with Gasteiger partial charge in [0.1, 0.15) is 6.10 Å². The van der Waals surface area contributed by atoms with E-state index in [1.807, 2.05) is 18.2 Å². The van der Waals surface area contributed by atoms with E-state index in [1.54, 1.807) is 9.58 Å². The van der Waals surface area contributed by atoms with E-state index >= 15 is 0 Å². The van der Waals surface area contributed by atoms with Crippen molar-refractivity contribution < 1.29 is 14.3 Å². The van der Waals surface area contributed by atoms with E-state index in [4.69, 9.17) is 4.74 Å². The number of fused-ring (bicyclic) bond motifs is 1. The van der Waals surface area contributed by atoms with Crippen LogP contribution in [0.15, 0.2) is 54.6 Å². The van der Waals surface area contributed by atoms with Gasteiger partial charge in [0, 0.05) is 25.6 Å². The number of piperidine rings is 1. The van der Waals surface area contributed by atoms with Crippen LogP contribution in [0, 0.1) is 12.8 Å². The highest BCUT2D eigenvalue weighted by Gasteiger charge is 2.33. The molecule has 2 aromatic carbocycles. The molecular weight excluding hydrogens is 454 g/mol. The first-order valence-corrected chi connectivity index (χ1v) is 12.8. The van der Waals surface area contributed by atoms with Crippen LogP contribution >= 0.6 is 0 Å². The van der Waals surface area contributed by atoms with Crippen molar-refractivity contribution in [2.75, 3.05) is 19.6 Å². The van der Waals surface area contributed by atoms with E-state index in [1.165, 1.54) is 11.1 Å². The maximum absolute atomic E-state index is 13.2. The standard InChI is InChI=1S/C28H33N5O3/c1-20-9-11-22(12-10-20)25-18-33-24(19-36-25)26(30-31-33)28(35)32-16-13-23(14-17-32)27(34)29-15-5-8-21-6-3-2-4-7-21/h2-4,6-7,9-12,23,25H,5,8,13-19H2,1H3,(H,29,34)/t25-/m1/s1. The predicted octanol–water partition coefficient (Wildman–Crippen LogP) is 3.46. The number of nitrogens with zero attached hydrogens (tertiary/aromatic N) is 4. The lowest BCUT2D eigenvalue weighted by atomic mass is 9.95. The number of rotatable bonds is 7. The molecule has 1 fully saturated rings. The smallest absolute Gasteiger partial charge is 0.276 e. The highest BCUT2D eigenvalue weighted by molar-refractivity contribution is 5.93. The molecule has 3 heterocycles. The SMILES string of the molecule is Cc1ccc([C@H]2Cn3nnc(C(=O)N4CCC(C(=O)NCCCc5ccccc5)CC4)c3CO2)cc1. The molecule has 0 bridgehead atoms. The fourth-order valence-electron chi connectivity index (χ4n) is 4.95. The second kappa shape index (κ2) is 11.0. The van der Waals surface area contributed by atoms with Crippen molar-refractivity contribution in [3.63, 3.8) is 0 Å². The topological polar surface area (TPSA) is 89.4 Å². The maximum Gasteiger partial charge on any atom is 0.276 e. The number of aromatic nitrogens is 3. The van der Waals surface area contributed by atoms with Crippen molar-refractivity contribution in [2.45, 2.75) is 51.9 Å². The number of hydrogen-bond acceptors (Lipinski definition) is 5. The summed E-state index contributed by atoms with van der Waals surface area (Å²) in [5.41, 5.74) is 4.66. The van der Waals surface area contributed by atoms with Crippen molar-refractivity contribution in [1.82, 2.24) is 25.2 Å². The van der Waals surface area contributed by atoms with Crippen molar-refractivity contribution in [1.29, 1.82) is 0 Å². The predicted molar refractivity (Wildman–Crippen MR) is 135 cm³/mol. The first-order valence-electron chi connectivity index (χ1n) is 12.8. The minimum Gasteiger partial charge on any atom is -0.365 e. The zero-order chi connectivity index (χ0) is 24.9. The highest BCUT2D eigenvalue weighted by atomic mass is 16.5. The van der Waals surface area contributed by atoms with Crippen LogP contribution in [0.3, 0.4) is 0 Å².